The number of carbonyl (C=O) groups excluding carboxylic acids is 1. The van der Waals surface area contributed by atoms with Gasteiger partial charge in [-0.25, -0.2) is 0 Å². The van der Waals surface area contributed by atoms with Crippen molar-refractivity contribution in [3.63, 3.8) is 0 Å². The van der Waals surface area contributed by atoms with E-state index in [9.17, 15) is 4.79 Å². The first-order valence-electron chi connectivity index (χ1n) is 6.98. The average Bonchev–Trinajstić information content (AvgIpc) is 3.07. The minimum Gasteiger partial charge on any atom is -0.365 e. The second-order valence-electron chi connectivity index (χ2n) is 5.51. The number of fused-ring (bicyclic) bond motifs is 1. The fourth-order valence-corrected chi connectivity index (χ4v) is 2.99. The predicted octanol–water partition coefficient (Wildman–Crippen LogP) is 2.93. The standard InChI is InChI=1S/C16H18ClN3O/c1-19(2)16(21)14-7-6-11(18-14)10-20-9-8-12-13(17)4-3-5-15(12)20/h3-7,18H,8-10H2,1-2H3. The molecule has 0 bridgehead atoms. The van der Waals surface area contributed by atoms with Gasteiger partial charge >= 0.3 is 0 Å². The number of aromatic nitrogens is 1. The maximum atomic E-state index is 11.9. The molecule has 2 aromatic rings. The molecule has 110 valence electrons. The zero-order valence-corrected chi connectivity index (χ0v) is 12.9. The summed E-state index contributed by atoms with van der Waals surface area (Å²) in [6.45, 7) is 1.71. The number of hydrogen-bond donors (Lipinski definition) is 1. The maximum Gasteiger partial charge on any atom is 0.269 e. The average molecular weight is 304 g/mol. The summed E-state index contributed by atoms with van der Waals surface area (Å²) in [5.41, 5.74) is 4.07. The highest BCUT2D eigenvalue weighted by molar-refractivity contribution is 6.31. The van der Waals surface area contributed by atoms with Gasteiger partial charge in [0.05, 0.1) is 6.54 Å². The second kappa shape index (κ2) is 5.45. The topological polar surface area (TPSA) is 39.3 Å². The number of nitrogens with one attached hydrogen (secondary N) is 1. The summed E-state index contributed by atoms with van der Waals surface area (Å²) in [7, 11) is 3.50. The first kappa shape index (κ1) is 14.0. The fraction of sp³-hybridized carbons (Fsp3) is 0.312. The van der Waals surface area contributed by atoms with Crippen LogP contribution in [0.2, 0.25) is 5.02 Å². The number of amides is 1. The normalized spacial score (nSPS) is 13.4. The van der Waals surface area contributed by atoms with Crippen LogP contribution in [0.5, 0.6) is 0 Å². The van der Waals surface area contributed by atoms with Gasteiger partial charge in [-0.1, -0.05) is 17.7 Å². The Kier molecular flexibility index (Phi) is 3.64. The maximum absolute atomic E-state index is 11.9. The van der Waals surface area contributed by atoms with E-state index in [4.69, 9.17) is 11.6 Å². The Bertz CT molecular complexity index is 678. The lowest BCUT2D eigenvalue weighted by Gasteiger charge is -2.18. The summed E-state index contributed by atoms with van der Waals surface area (Å²) >= 11 is 6.23. The van der Waals surface area contributed by atoms with Crippen molar-refractivity contribution in [2.75, 3.05) is 25.5 Å². The molecule has 1 aliphatic heterocycles. The van der Waals surface area contributed by atoms with Gasteiger partial charge in [-0.05, 0) is 36.2 Å². The predicted molar refractivity (Wildman–Crippen MR) is 85.0 cm³/mol. The van der Waals surface area contributed by atoms with E-state index < -0.39 is 0 Å². The molecule has 0 atom stereocenters. The Morgan fingerprint density at radius 1 is 1.33 bits per heavy atom. The fourth-order valence-electron chi connectivity index (χ4n) is 2.73. The molecule has 0 saturated heterocycles. The van der Waals surface area contributed by atoms with E-state index in [1.54, 1.807) is 19.0 Å². The SMILES string of the molecule is CN(C)C(=O)c1ccc(CN2CCc3c(Cl)cccc32)[nH]1. The third-order valence-corrected chi connectivity index (χ3v) is 4.16. The molecule has 1 aromatic carbocycles. The van der Waals surface area contributed by atoms with Gasteiger partial charge in [-0.15, -0.1) is 0 Å². The molecule has 4 nitrogen and oxygen atoms in total. The van der Waals surface area contributed by atoms with Crippen molar-refractivity contribution in [2.45, 2.75) is 13.0 Å². The van der Waals surface area contributed by atoms with Gasteiger partial charge < -0.3 is 14.8 Å². The summed E-state index contributed by atoms with van der Waals surface area (Å²) in [6, 6.07) is 9.83. The molecule has 0 aliphatic carbocycles. The Morgan fingerprint density at radius 3 is 2.90 bits per heavy atom. The Hall–Kier alpha value is -1.94. The zero-order valence-electron chi connectivity index (χ0n) is 12.2. The van der Waals surface area contributed by atoms with E-state index >= 15 is 0 Å². The minimum absolute atomic E-state index is 0.00823. The number of anilines is 1. The van der Waals surface area contributed by atoms with Crippen LogP contribution in [-0.2, 0) is 13.0 Å². The van der Waals surface area contributed by atoms with E-state index in [1.165, 1.54) is 11.3 Å². The van der Waals surface area contributed by atoms with Crippen molar-refractivity contribution in [3.05, 3.63) is 52.3 Å². The van der Waals surface area contributed by atoms with Crippen molar-refractivity contribution in [3.8, 4) is 0 Å². The monoisotopic (exact) mass is 303 g/mol. The molecule has 0 unspecified atom stereocenters. The number of nitrogens with zero attached hydrogens (tertiary/aromatic N) is 2. The van der Waals surface area contributed by atoms with Crippen molar-refractivity contribution >= 4 is 23.2 Å². The largest absolute Gasteiger partial charge is 0.365 e. The van der Waals surface area contributed by atoms with Gasteiger partial charge in [-0.2, -0.15) is 0 Å². The van der Waals surface area contributed by atoms with E-state index in [2.05, 4.69) is 16.0 Å². The molecule has 0 fully saturated rings. The summed E-state index contributed by atoms with van der Waals surface area (Å²) in [5, 5.41) is 0.838. The third-order valence-electron chi connectivity index (χ3n) is 3.81. The summed E-state index contributed by atoms with van der Waals surface area (Å²) in [4.78, 5) is 19.0. The van der Waals surface area contributed by atoms with Crippen LogP contribution in [0.3, 0.4) is 0 Å². The van der Waals surface area contributed by atoms with Crippen LogP contribution in [0.1, 0.15) is 21.7 Å². The number of benzene rings is 1. The first-order valence-corrected chi connectivity index (χ1v) is 7.36. The second-order valence-corrected chi connectivity index (χ2v) is 5.91. The van der Waals surface area contributed by atoms with Gasteiger partial charge in [-0.3, -0.25) is 4.79 Å². The van der Waals surface area contributed by atoms with Gasteiger partial charge in [0.25, 0.3) is 5.91 Å². The van der Waals surface area contributed by atoms with E-state index in [-0.39, 0.29) is 5.91 Å². The first-order chi connectivity index (χ1) is 10.1. The molecule has 1 aromatic heterocycles. The van der Waals surface area contributed by atoms with Crippen LogP contribution in [0.4, 0.5) is 5.69 Å². The molecule has 3 rings (SSSR count). The summed E-state index contributed by atoms with van der Waals surface area (Å²) < 4.78 is 0. The van der Waals surface area contributed by atoms with Crippen molar-refractivity contribution in [1.29, 1.82) is 0 Å². The molecule has 5 heteroatoms. The zero-order chi connectivity index (χ0) is 15.0. The number of aromatic amines is 1. The van der Waals surface area contributed by atoms with Crippen LogP contribution in [0, 0.1) is 0 Å². The molecule has 0 saturated carbocycles. The lowest BCUT2D eigenvalue weighted by molar-refractivity contribution is 0.0822. The van der Waals surface area contributed by atoms with Crippen LogP contribution < -0.4 is 4.90 Å². The molecule has 21 heavy (non-hydrogen) atoms. The molecule has 1 aliphatic rings. The van der Waals surface area contributed by atoms with Gasteiger partial charge in [0.15, 0.2) is 0 Å². The van der Waals surface area contributed by atoms with Gasteiger partial charge in [0.1, 0.15) is 5.69 Å². The van der Waals surface area contributed by atoms with Crippen LogP contribution in [-0.4, -0.2) is 36.4 Å². The third kappa shape index (κ3) is 2.63. The Balaban J connectivity index is 1.78. The van der Waals surface area contributed by atoms with E-state index in [0.29, 0.717) is 5.69 Å². The highest BCUT2D eigenvalue weighted by atomic mass is 35.5. The van der Waals surface area contributed by atoms with Gasteiger partial charge in [0.2, 0.25) is 0 Å². The van der Waals surface area contributed by atoms with Crippen LogP contribution in [0.15, 0.2) is 30.3 Å². The van der Waals surface area contributed by atoms with Crippen molar-refractivity contribution < 1.29 is 4.79 Å². The molecular formula is C16H18ClN3O. The molecule has 1 N–H and O–H groups in total. The van der Waals surface area contributed by atoms with Crippen molar-refractivity contribution in [2.24, 2.45) is 0 Å². The highest BCUT2D eigenvalue weighted by Gasteiger charge is 2.21. The molecule has 2 heterocycles. The summed E-state index contributed by atoms with van der Waals surface area (Å²) in [5.74, 6) is -0.00823. The number of carbonyl (C=O) groups is 1. The van der Waals surface area contributed by atoms with E-state index in [0.717, 1.165) is 30.2 Å². The number of rotatable bonds is 3. The molecular weight excluding hydrogens is 286 g/mol. The van der Waals surface area contributed by atoms with Crippen molar-refractivity contribution in [1.82, 2.24) is 9.88 Å². The molecule has 0 spiro atoms. The lowest BCUT2D eigenvalue weighted by atomic mass is 10.2. The van der Waals surface area contributed by atoms with Crippen LogP contribution in [0.25, 0.3) is 0 Å². The number of H-pyrrole nitrogens is 1. The quantitative estimate of drug-likeness (QED) is 0.947. The molecule has 1 amide bonds. The Morgan fingerprint density at radius 2 is 2.14 bits per heavy atom. The Labute approximate surface area is 129 Å². The highest BCUT2D eigenvalue weighted by Crippen LogP contribution is 2.34. The molecule has 0 radical (unpaired) electrons. The van der Waals surface area contributed by atoms with Gasteiger partial charge in [0, 0.05) is 37.0 Å². The smallest absolute Gasteiger partial charge is 0.269 e. The number of halogens is 1. The van der Waals surface area contributed by atoms with Crippen LogP contribution >= 0.6 is 11.6 Å². The minimum atomic E-state index is -0.00823. The van der Waals surface area contributed by atoms with E-state index in [1.807, 2.05) is 24.3 Å². The lowest BCUT2D eigenvalue weighted by Crippen LogP contribution is -2.22. The number of hydrogen-bond acceptors (Lipinski definition) is 2. The summed E-state index contributed by atoms with van der Waals surface area (Å²) in [6.07, 6.45) is 0.971.